The van der Waals surface area contributed by atoms with Gasteiger partial charge in [0.15, 0.2) is 17.5 Å². The van der Waals surface area contributed by atoms with E-state index in [1.54, 1.807) is 11.3 Å². The minimum absolute atomic E-state index is 0.630. The minimum atomic E-state index is 0.630. The van der Waals surface area contributed by atoms with Crippen LogP contribution in [0.5, 0.6) is 0 Å². The van der Waals surface area contributed by atoms with E-state index in [0.29, 0.717) is 17.5 Å². The molecule has 0 spiro atoms. The van der Waals surface area contributed by atoms with Crippen molar-refractivity contribution in [3.05, 3.63) is 158 Å². The highest BCUT2D eigenvalue weighted by molar-refractivity contribution is 7.21. The van der Waals surface area contributed by atoms with Gasteiger partial charge in [0, 0.05) is 22.3 Å². The predicted molar refractivity (Wildman–Crippen MR) is 186 cm³/mol. The molecule has 0 aliphatic heterocycles. The first-order chi connectivity index (χ1) is 22.3. The molecule has 0 amide bonds. The summed E-state index contributed by atoms with van der Waals surface area (Å²) < 4.78 is 1.16. The van der Waals surface area contributed by atoms with Gasteiger partial charge in [-0.3, -0.25) is 0 Å². The summed E-state index contributed by atoms with van der Waals surface area (Å²) in [5, 5.41) is 1.02. The van der Waals surface area contributed by atoms with E-state index < -0.39 is 0 Å². The molecular formula is C40H26N4S. The standard InChI is InChI=1S/C40H26N4S/c1-4-12-27(13-5-1)28-20-22-30(23-21-28)38-42-37(29-14-6-2-7-15-29)43-39(44-38)34-19-11-10-18-33(34)32-24-25-36-35(26-32)41-40(45-36)31-16-8-3-9-17-31/h1-26H. The molecule has 8 aromatic rings. The first kappa shape index (κ1) is 26.8. The molecule has 2 aromatic heterocycles. The maximum absolute atomic E-state index is 5.06. The van der Waals surface area contributed by atoms with E-state index in [0.717, 1.165) is 54.2 Å². The van der Waals surface area contributed by atoms with Gasteiger partial charge in [-0.25, -0.2) is 19.9 Å². The van der Waals surface area contributed by atoms with E-state index in [-0.39, 0.29) is 0 Å². The molecule has 212 valence electrons. The van der Waals surface area contributed by atoms with Gasteiger partial charge in [-0.1, -0.05) is 146 Å². The van der Waals surface area contributed by atoms with Crippen LogP contribution < -0.4 is 0 Å². The van der Waals surface area contributed by atoms with Crippen molar-refractivity contribution in [2.24, 2.45) is 0 Å². The summed E-state index contributed by atoms with van der Waals surface area (Å²) in [6.07, 6.45) is 0. The van der Waals surface area contributed by atoms with Crippen LogP contribution in [-0.2, 0) is 0 Å². The summed E-state index contributed by atoms with van der Waals surface area (Å²) in [4.78, 5) is 20.0. The summed E-state index contributed by atoms with van der Waals surface area (Å²) in [5.74, 6) is 1.90. The Balaban J connectivity index is 1.24. The lowest BCUT2D eigenvalue weighted by atomic mass is 9.98. The first-order valence-corrected chi connectivity index (χ1v) is 15.6. The number of thiazole rings is 1. The fourth-order valence-electron chi connectivity index (χ4n) is 5.51. The minimum Gasteiger partial charge on any atom is -0.236 e. The topological polar surface area (TPSA) is 51.6 Å². The maximum atomic E-state index is 5.06. The molecule has 5 heteroatoms. The van der Waals surface area contributed by atoms with Gasteiger partial charge in [0.1, 0.15) is 5.01 Å². The summed E-state index contributed by atoms with van der Waals surface area (Å²) >= 11 is 1.71. The van der Waals surface area contributed by atoms with Crippen LogP contribution in [0.4, 0.5) is 0 Å². The van der Waals surface area contributed by atoms with E-state index in [2.05, 4.69) is 97.1 Å². The van der Waals surface area contributed by atoms with Crippen LogP contribution in [0.25, 0.3) is 77.2 Å². The third kappa shape index (κ3) is 5.42. The largest absolute Gasteiger partial charge is 0.236 e. The van der Waals surface area contributed by atoms with Crippen molar-refractivity contribution in [2.45, 2.75) is 0 Å². The molecule has 2 heterocycles. The highest BCUT2D eigenvalue weighted by Gasteiger charge is 2.16. The molecule has 8 rings (SSSR count). The Morgan fingerprint density at radius 2 is 0.800 bits per heavy atom. The summed E-state index contributed by atoms with van der Waals surface area (Å²) in [6, 6.07) is 54.0. The summed E-state index contributed by atoms with van der Waals surface area (Å²) in [6.45, 7) is 0. The first-order valence-electron chi connectivity index (χ1n) is 14.8. The molecule has 4 nitrogen and oxygen atoms in total. The molecule has 0 fully saturated rings. The molecule has 0 bridgehead atoms. The number of rotatable bonds is 6. The van der Waals surface area contributed by atoms with Gasteiger partial charge < -0.3 is 0 Å². The van der Waals surface area contributed by atoms with Crippen LogP contribution in [-0.4, -0.2) is 19.9 Å². The Labute approximate surface area is 265 Å². The lowest BCUT2D eigenvalue weighted by Crippen LogP contribution is -2.01. The van der Waals surface area contributed by atoms with Crippen LogP contribution >= 0.6 is 11.3 Å². The van der Waals surface area contributed by atoms with Gasteiger partial charge in [0.2, 0.25) is 0 Å². The monoisotopic (exact) mass is 594 g/mol. The molecule has 0 aliphatic rings. The van der Waals surface area contributed by atoms with Crippen LogP contribution in [0.2, 0.25) is 0 Å². The van der Waals surface area contributed by atoms with Crippen molar-refractivity contribution in [1.82, 2.24) is 19.9 Å². The van der Waals surface area contributed by atoms with Crippen molar-refractivity contribution in [3.8, 4) is 67.0 Å². The smallest absolute Gasteiger partial charge is 0.164 e. The Kier molecular flexibility index (Phi) is 6.98. The Hall–Kier alpha value is -5.78. The SMILES string of the molecule is c1ccc(-c2ccc(-c3nc(-c4ccccc4)nc(-c4ccccc4-c4ccc5sc(-c6ccccc6)nc5c4)n3)cc2)cc1. The molecule has 0 N–H and O–H groups in total. The van der Waals surface area contributed by atoms with Gasteiger partial charge in [-0.05, 0) is 34.4 Å². The van der Waals surface area contributed by atoms with Gasteiger partial charge in [0.25, 0.3) is 0 Å². The average Bonchev–Trinajstić information content (AvgIpc) is 3.56. The van der Waals surface area contributed by atoms with Crippen molar-refractivity contribution in [2.75, 3.05) is 0 Å². The zero-order valence-corrected chi connectivity index (χ0v) is 25.0. The van der Waals surface area contributed by atoms with E-state index in [1.165, 1.54) is 5.56 Å². The Morgan fingerprint density at radius 1 is 0.333 bits per heavy atom. The van der Waals surface area contributed by atoms with Crippen molar-refractivity contribution in [3.63, 3.8) is 0 Å². The zero-order valence-electron chi connectivity index (χ0n) is 24.2. The second kappa shape index (κ2) is 11.7. The third-order valence-corrected chi connectivity index (χ3v) is 8.89. The van der Waals surface area contributed by atoms with Crippen LogP contribution in [0.15, 0.2) is 158 Å². The molecule has 0 saturated heterocycles. The lowest BCUT2D eigenvalue weighted by Gasteiger charge is -2.12. The fraction of sp³-hybridized carbons (Fsp3) is 0. The number of fused-ring (bicyclic) bond motifs is 1. The number of hydrogen-bond acceptors (Lipinski definition) is 5. The van der Waals surface area contributed by atoms with Gasteiger partial charge in [-0.2, -0.15) is 0 Å². The quantitative estimate of drug-likeness (QED) is 0.192. The Morgan fingerprint density at radius 3 is 1.47 bits per heavy atom. The van der Waals surface area contributed by atoms with Crippen molar-refractivity contribution in [1.29, 1.82) is 0 Å². The van der Waals surface area contributed by atoms with E-state index in [1.807, 2.05) is 60.7 Å². The molecule has 0 aliphatic carbocycles. The molecule has 45 heavy (non-hydrogen) atoms. The molecule has 0 radical (unpaired) electrons. The maximum Gasteiger partial charge on any atom is 0.164 e. The van der Waals surface area contributed by atoms with Crippen molar-refractivity contribution < 1.29 is 0 Å². The molecule has 6 aromatic carbocycles. The zero-order chi connectivity index (χ0) is 30.0. The highest BCUT2D eigenvalue weighted by Crippen LogP contribution is 2.36. The number of benzene rings is 6. The molecule has 0 saturated carbocycles. The number of aromatic nitrogens is 4. The van der Waals surface area contributed by atoms with Crippen molar-refractivity contribution >= 4 is 21.6 Å². The lowest BCUT2D eigenvalue weighted by molar-refractivity contribution is 1.07. The molecule has 0 atom stereocenters. The van der Waals surface area contributed by atoms with Gasteiger partial charge in [-0.15, -0.1) is 11.3 Å². The average molecular weight is 595 g/mol. The fourth-order valence-corrected chi connectivity index (χ4v) is 6.46. The van der Waals surface area contributed by atoms with Crippen LogP contribution in [0.3, 0.4) is 0 Å². The van der Waals surface area contributed by atoms with Gasteiger partial charge >= 0.3 is 0 Å². The number of nitrogens with zero attached hydrogens (tertiary/aromatic N) is 4. The second-order valence-electron chi connectivity index (χ2n) is 10.7. The normalized spacial score (nSPS) is 11.1. The van der Waals surface area contributed by atoms with E-state index in [9.17, 15) is 0 Å². The van der Waals surface area contributed by atoms with Crippen LogP contribution in [0.1, 0.15) is 0 Å². The Bertz CT molecular complexity index is 2250. The highest BCUT2D eigenvalue weighted by atomic mass is 32.1. The summed E-state index contributed by atoms with van der Waals surface area (Å²) in [7, 11) is 0. The molecule has 0 unspecified atom stereocenters. The molecular weight excluding hydrogens is 569 g/mol. The number of hydrogen-bond donors (Lipinski definition) is 0. The summed E-state index contributed by atoms with van der Waals surface area (Å²) in [5.41, 5.74) is 9.36. The second-order valence-corrected chi connectivity index (χ2v) is 11.8. The van der Waals surface area contributed by atoms with E-state index in [4.69, 9.17) is 19.9 Å². The van der Waals surface area contributed by atoms with Crippen LogP contribution in [0, 0.1) is 0 Å². The predicted octanol–water partition coefficient (Wildman–Crippen LogP) is 10.5. The van der Waals surface area contributed by atoms with Gasteiger partial charge in [0.05, 0.1) is 10.2 Å². The van der Waals surface area contributed by atoms with E-state index >= 15 is 0 Å². The third-order valence-electron chi connectivity index (χ3n) is 7.80.